The number of carbonyl (C=O) groups is 2. The lowest BCUT2D eigenvalue weighted by molar-refractivity contribution is -0.142. The second-order valence-corrected chi connectivity index (χ2v) is 8.75. The van der Waals surface area contributed by atoms with E-state index in [0.29, 0.717) is 31.2 Å². The normalized spacial score (nSPS) is 24.7. The molecule has 3 saturated heterocycles. The number of fused-ring (bicyclic) bond motifs is 1. The molecule has 31 heavy (non-hydrogen) atoms. The third-order valence-electron chi connectivity index (χ3n) is 6.60. The fourth-order valence-corrected chi connectivity index (χ4v) is 5.17. The van der Waals surface area contributed by atoms with E-state index in [2.05, 4.69) is 0 Å². The van der Waals surface area contributed by atoms with Crippen molar-refractivity contribution in [3.63, 3.8) is 0 Å². The van der Waals surface area contributed by atoms with Gasteiger partial charge < -0.3 is 14.5 Å². The van der Waals surface area contributed by atoms with Gasteiger partial charge in [-0.1, -0.05) is 29.8 Å². The van der Waals surface area contributed by atoms with Gasteiger partial charge in [-0.2, -0.15) is 0 Å². The predicted octanol–water partition coefficient (Wildman–Crippen LogP) is 4.31. The molecule has 3 aliphatic rings. The number of carbonyl (C=O) groups excluding carboxylic acids is 2. The number of benzene rings is 2. The monoisotopic (exact) mass is 446 g/mol. The highest BCUT2D eigenvalue weighted by atomic mass is 35.5. The maximum Gasteiger partial charge on any atom is 0.257 e. The third kappa shape index (κ3) is 3.31. The maximum absolute atomic E-state index is 14.4. The van der Waals surface area contributed by atoms with Crippen LogP contribution >= 0.6 is 11.6 Å². The molecule has 5 rings (SSSR count). The molecule has 8 heteroatoms. The lowest BCUT2D eigenvalue weighted by atomic mass is 9.89. The molecular formula is C23H21ClF2N2O3. The summed E-state index contributed by atoms with van der Waals surface area (Å²) in [6.07, 6.45) is 1.53. The summed E-state index contributed by atoms with van der Waals surface area (Å²) in [5.41, 5.74) is -0.594. The number of nitrogens with zero attached hydrogens (tertiary/aromatic N) is 2. The van der Waals surface area contributed by atoms with Crippen molar-refractivity contribution in [2.45, 2.75) is 43.6 Å². The summed E-state index contributed by atoms with van der Waals surface area (Å²) in [5, 5.41) is 0.285. The van der Waals surface area contributed by atoms with Crippen LogP contribution in [-0.4, -0.2) is 46.5 Å². The minimum absolute atomic E-state index is 0.0812. The smallest absolute Gasteiger partial charge is 0.257 e. The van der Waals surface area contributed by atoms with E-state index in [1.54, 1.807) is 23.1 Å². The molecule has 2 atom stereocenters. The summed E-state index contributed by atoms with van der Waals surface area (Å²) in [7, 11) is 0. The zero-order chi connectivity index (χ0) is 21.8. The largest absolute Gasteiger partial charge is 0.342 e. The van der Waals surface area contributed by atoms with E-state index in [-0.39, 0.29) is 47.7 Å². The first-order valence-electron chi connectivity index (χ1n) is 10.4. The quantitative estimate of drug-likeness (QED) is 0.690. The van der Waals surface area contributed by atoms with Crippen molar-refractivity contribution in [1.29, 1.82) is 0 Å². The second kappa shape index (κ2) is 7.57. The lowest BCUT2D eigenvalue weighted by Crippen LogP contribution is -2.51. The average Bonchev–Trinajstić information content (AvgIpc) is 3.28. The number of likely N-dealkylation sites (tertiary alicyclic amines) is 1. The molecule has 3 fully saturated rings. The van der Waals surface area contributed by atoms with Gasteiger partial charge in [0.2, 0.25) is 0 Å². The van der Waals surface area contributed by atoms with Crippen LogP contribution in [0, 0.1) is 11.6 Å². The highest BCUT2D eigenvalue weighted by Crippen LogP contribution is 2.48. The van der Waals surface area contributed by atoms with Gasteiger partial charge in [-0.25, -0.2) is 8.78 Å². The van der Waals surface area contributed by atoms with Crippen molar-refractivity contribution in [1.82, 2.24) is 9.80 Å². The first-order chi connectivity index (χ1) is 14.9. The number of rotatable bonds is 2. The van der Waals surface area contributed by atoms with Crippen LogP contribution in [0.5, 0.6) is 0 Å². The van der Waals surface area contributed by atoms with E-state index in [1.807, 2.05) is 0 Å². The molecular weight excluding hydrogens is 426 g/mol. The summed E-state index contributed by atoms with van der Waals surface area (Å²) >= 11 is 5.91. The van der Waals surface area contributed by atoms with Crippen LogP contribution in [0.1, 0.15) is 47.6 Å². The van der Waals surface area contributed by atoms with Crippen molar-refractivity contribution >= 4 is 23.4 Å². The molecule has 0 aromatic heterocycles. The predicted molar refractivity (Wildman–Crippen MR) is 109 cm³/mol. The Morgan fingerprint density at radius 1 is 1.06 bits per heavy atom. The molecule has 0 N–H and O–H groups in total. The second-order valence-electron chi connectivity index (χ2n) is 8.31. The Balaban J connectivity index is 1.32. The Kier molecular flexibility index (Phi) is 4.98. The molecule has 0 aliphatic carbocycles. The van der Waals surface area contributed by atoms with Gasteiger partial charge in [0.05, 0.1) is 11.6 Å². The number of hydrogen-bond acceptors (Lipinski definition) is 3. The standard InChI is InChI=1S/C23H21ClF2N2O3/c24-14-5-6-18(26)16(13-14)21(29)27-11-9-23(10-12-27)22(30)28-19(7-8-20(28)31-23)15-3-1-2-4-17(15)25/h1-6,13,19-20H,7-12H2/t19-,20+/m0/s1. The number of ether oxygens (including phenoxy) is 1. The Morgan fingerprint density at radius 3 is 2.55 bits per heavy atom. The van der Waals surface area contributed by atoms with Gasteiger partial charge in [0.25, 0.3) is 11.8 Å². The maximum atomic E-state index is 14.4. The van der Waals surface area contributed by atoms with E-state index in [1.165, 1.54) is 29.2 Å². The molecule has 0 unspecified atom stereocenters. The van der Waals surface area contributed by atoms with Gasteiger partial charge >= 0.3 is 0 Å². The molecule has 2 amide bonds. The highest BCUT2D eigenvalue weighted by molar-refractivity contribution is 6.31. The van der Waals surface area contributed by atoms with Crippen molar-refractivity contribution in [2.75, 3.05) is 13.1 Å². The zero-order valence-electron chi connectivity index (χ0n) is 16.7. The fraction of sp³-hybridized carbons (Fsp3) is 0.391. The Labute approximate surface area is 183 Å². The highest BCUT2D eigenvalue weighted by Gasteiger charge is 2.58. The number of amides is 2. The Bertz CT molecular complexity index is 1050. The van der Waals surface area contributed by atoms with Crippen LogP contribution in [0.2, 0.25) is 5.02 Å². The van der Waals surface area contributed by atoms with Crippen LogP contribution < -0.4 is 0 Å². The number of hydrogen-bond donors (Lipinski definition) is 0. The van der Waals surface area contributed by atoms with Crippen molar-refractivity contribution in [2.24, 2.45) is 0 Å². The summed E-state index contributed by atoms with van der Waals surface area (Å²) < 4.78 is 34.7. The molecule has 0 bridgehead atoms. The Morgan fingerprint density at radius 2 is 1.81 bits per heavy atom. The first kappa shape index (κ1) is 20.4. The molecule has 1 spiro atoms. The Hall–Kier alpha value is -2.51. The fourth-order valence-electron chi connectivity index (χ4n) is 5.00. The van der Waals surface area contributed by atoms with Crippen LogP contribution in [0.25, 0.3) is 0 Å². The molecule has 2 aromatic rings. The van der Waals surface area contributed by atoms with Crippen LogP contribution in [0.4, 0.5) is 8.78 Å². The van der Waals surface area contributed by atoms with Crippen LogP contribution in [-0.2, 0) is 9.53 Å². The topological polar surface area (TPSA) is 49.9 Å². The summed E-state index contributed by atoms with van der Waals surface area (Å²) in [6.45, 7) is 0.531. The van der Waals surface area contributed by atoms with E-state index >= 15 is 0 Å². The van der Waals surface area contributed by atoms with E-state index < -0.39 is 17.3 Å². The molecule has 0 saturated carbocycles. The summed E-state index contributed by atoms with van der Waals surface area (Å²) in [4.78, 5) is 29.4. The summed E-state index contributed by atoms with van der Waals surface area (Å²) in [5.74, 6) is -1.56. The molecule has 3 heterocycles. The van der Waals surface area contributed by atoms with Crippen LogP contribution in [0.15, 0.2) is 42.5 Å². The van der Waals surface area contributed by atoms with E-state index in [0.717, 1.165) is 0 Å². The van der Waals surface area contributed by atoms with Gasteiger partial charge in [0, 0.05) is 36.5 Å². The molecule has 3 aliphatic heterocycles. The van der Waals surface area contributed by atoms with E-state index in [4.69, 9.17) is 16.3 Å². The zero-order valence-corrected chi connectivity index (χ0v) is 17.4. The minimum Gasteiger partial charge on any atom is -0.342 e. The first-order valence-corrected chi connectivity index (χ1v) is 10.8. The molecule has 162 valence electrons. The lowest BCUT2D eigenvalue weighted by Gasteiger charge is -2.37. The number of halogens is 3. The third-order valence-corrected chi connectivity index (χ3v) is 6.84. The van der Waals surface area contributed by atoms with E-state index in [9.17, 15) is 18.4 Å². The molecule has 2 aromatic carbocycles. The SMILES string of the molecule is O=C(c1cc(Cl)ccc1F)N1CCC2(CC1)O[C@@H]1CC[C@@H](c3ccccc3F)N1C2=O. The molecule has 5 nitrogen and oxygen atoms in total. The van der Waals surface area contributed by atoms with Gasteiger partial charge in [0.1, 0.15) is 17.9 Å². The van der Waals surface area contributed by atoms with Gasteiger partial charge in [-0.15, -0.1) is 0 Å². The van der Waals surface area contributed by atoms with Crippen molar-refractivity contribution < 1.29 is 23.1 Å². The summed E-state index contributed by atoms with van der Waals surface area (Å²) in [6, 6.07) is 10.0. The molecule has 0 radical (unpaired) electrons. The van der Waals surface area contributed by atoms with Gasteiger partial charge in [0.15, 0.2) is 5.60 Å². The van der Waals surface area contributed by atoms with Gasteiger partial charge in [-0.3, -0.25) is 9.59 Å². The van der Waals surface area contributed by atoms with Gasteiger partial charge in [-0.05, 0) is 37.1 Å². The van der Waals surface area contributed by atoms with Crippen molar-refractivity contribution in [3.8, 4) is 0 Å². The van der Waals surface area contributed by atoms with Crippen LogP contribution in [0.3, 0.4) is 0 Å². The number of piperidine rings is 1. The minimum atomic E-state index is -1.02. The average molecular weight is 447 g/mol. The van der Waals surface area contributed by atoms with Crippen molar-refractivity contribution in [3.05, 3.63) is 70.2 Å².